The maximum Gasteiger partial charge on any atom is 0.123 e. The largest absolute Gasteiger partial charge is 0.397 e. The average molecular weight is 202 g/mol. The van der Waals surface area contributed by atoms with Crippen LogP contribution in [0.15, 0.2) is 36.7 Å². The highest BCUT2D eigenvalue weighted by atomic mass is 19.1. The van der Waals surface area contributed by atoms with Crippen molar-refractivity contribution in [1.29, 1.82) is 0 Å². The monoisotopic (exact) mass is 202 g/mol. The summed E-state index contributed by atoms with van der Waals surface area (Å²) in [4.78, 5) is 4.00. The van der Waals surface area contributed by atoms with Gasteiger partial charge in [0.05, 0.1) is 11.9 Å². The van der Waals surface area contributed by atoms with Crippen molar-refractivity contribution in [3.63, 3.8) is 0 Å². The highest BCUT2D eigenvalue weighted by Crippen LogP contribution is 2.25. The van der Waals surface area contributed by atoms with Gasteiger partial charge < -0.3 is 5.73 Å². The zero-order valence-corrected chi connectivity index (χ0v) is 8.37. The van der Waals surface area contributed by atoms with E-state index in [9.17, 15) is 4.39 Å². The first kappa shape index (κ1) is 9.65. The minimum atomic E-state index is -0.255. The van der Waals surface area contributed by atoms with E-state index >= 15 is 0 Å². The lowest BCUT2D eigenvalue weighted by atomic mass is 10.0. The van der Waals surface area contributed by atoms with Gasteiger partial charge in [-0.2, -0.15) is 0 Å². The van der Waals surface area contributed by atoms with E-state index in [2.05, 4.69) is 4.98 Å². The second-order valence-corrected chi connectivity index (χ2v) is 3.41. The summed E-state index contributed by atoms with van der Waals surface area (Å²) < 4.78 is 13.0. The maximum absolute atomic E-state index is 13.0. The fraction of sp³-hybridized carbons (Fsp3) is 0.0833. The molecular formula is C12H11FN2. The first-order valence-corrected chi connectivity index (χ1v) is 4.64. The number of halogens is 1. The molecule has 0 saturated heterocycles. The topological polar surface area (TPSA) is 38.9 Å². The molecule has 0 amide bonds. The Morgan fingerprint density at radius 2 is 2.07 bits per heavy atom. The van der Waals surface area contributed by atoms with Gasteiger partial charge in [-0.05, 0) is 30.2 Å². The SMILES string of the molecule is Cc1c(N)cncc1-c1cccc(F)c1. The molecule has 0 bridgehead atoms. The van der Waals surface area contributed by atoms with Crippen LogP contribution in [-0.4, -0.2) is 4.98 Å². The lowest BCUT2D eigenvalue weighted by Crippen LogP contribution is -1.94. The first-order chi connectivity index (χ1) is 7.18. The van der Waals surface area contributed by atoms with Gasteiger partial charge in [0.1, 0.15) is 5.82 Å². The fourth-order valence-electron chi connectivity index (χ4n) is 1.49. The summed E-state index contributed by atoms with van der Waals surface area (Å²) in [5.74, 6) is -0.255. The lowest BCUT2D eigenvalue weighted by molar-refractivity contribution is 0.628. The number of nitrogen functional groups attached to an aromatic ring is 1. The van der Waals surface area contributed by atoms with Crippen molar-refractivity contribution < 1.29 is 4.39 Å². The molecule has 76 valence electrons. The molecule has 0 radical (unpaired) electrons. The van der Waals surface area contributed by atoms with Crippen LogP contribution in [-0.2, 0) is 0 Å². The third-order valence-corrected chi connectivity index (χ3v) is 2.39. The minimum Gasteiger partial charge on any atom is -0.397 e. The van der Waals surface area contributed by atoms with Gasteiger partial charge >= 0.3 is 0 Å². The molecule has 0 aliphatic carbocycles. The molecule has 1 aromatic carbocycles. The van der Waals surface area contributed by atoms with Crippen LogP contribution >= 0.6 is 0 Å². The van der Waals surface area contributed by atoms with E-state index in [1.54, 1.807) is 18.5 Å². The molecule has 0 aliphatic heterocycles. The molecule has 0 aliphatic rings. The van der Waals surface area contributed by atoms with E-state index in [0.29, 0.717) is 5.69 Å². The molecule has 0 atom stereocenters. The van der Waals surface area contributed by atoms with Crippen molar-refractivity contribution in [2.75, 3.05) is 5.73 Å². The molecule has 15 heavy (non-hydrogen) atoms. The quantitative estimate of drug-likeness (QED) is 0.772. The van der Waals surface area contributed by atoms with Crippen LogP contribution in [0.4, 0.5) is 10.1 Å². The van der Waals surface area contributed by atoms with E-state index in [0.717, 1.165) is 16.7 Å². The van der Waals surface area contributed by atoms with E-state index in [1.807, 2.05) is 13.0 Å². The Hall–Kier alpha value is -1.90. The summed E-state index contributed by atoms with van der Waals surface area (Å²) in [7, 11) is 0. The van der Waals surface area contributed by atoms with Crippen LogP contribution in [0.3, 0.4) is 0 Å². The highest BCUT2D eigenvalue weighted by molar-refractivity contribution is 5.71. The van der Waals surface area contributed by atoms with Gasteiger partial charge in [-0.15, -0.1) is 0 Å². The third kappa shape index (κ3) is 1.81. The van der Waals surface area contributed by atoms with Crippen molar-refractivity contribution in [3.8, 4) is 11.1 Å². The van der Waals surface area contributed by atoms with Crippen LogP contribution in [0.2, 0.25) is 0 Å². The summed E-state index contributed by atoms with van der Waals surface area (Å²) in [5, 5.41) is 0. The number of rotatable bonds is 1. The van der Waals surface area contributed by atoms with Gasteiger partial charge in [-0.25, -0.2) is 4.39 Å². The molecular weight excluding hydrogens is 191 g/mol. The molecule has 2 aromatic rings. The van der Waals surface area contributed by atoms with Gasteiger partial charge in [-0.3, -0.25) is 4.98 Å². The fourth-order valence-corrected chi connectivity index (χ4v) is 1.49. The molecule has 0 saturated carbocycles. The van der Waals surface area contributed by atoms with Crippen LogP contribution in [0, 0.1) is 12.7 Å². The summed E-state index contributed by atoms with van der Waals surface area (Å²) >= 11 is 0. The van der Waals surface area contributed by atoms with E-state index in [-0.39, 0.29) is 5.82 Å². The van der Waals surface area contributed by atoms with E-state index in [1.165, 1.54) is 12.1 Å². The molecule has 0 spiro atoms. The summed E-state index contributed by atoms with van der Waals surface area (Å²) in [6.45, 7) is 1.90. The molecule has 2 nitrogen and oxygen atoms in total. The van der Waals surface area contributed by atoms with E-state index < -0.39 is 0 Å². The minimum absolute atomic E-state index is 0.255. The van der Waals surface area contributed by atoms with Crippen LogP contribution < -0.4 is 5.73 Å². The van der Waals surface area contributed by atoms with Gasteiger partial charge in [-0.1, -0.05) is 12.1 Å². The Morgan fingerprint density at radius 1 is 1.27 bits per heavy atom. The van der Waals surface area contributed by atoms with Gasteiger partial charge in [0.25, 0.3) is 0 Å². The number of benzene rings is 1. The normalized spacial score (nSPS) is 10.3. The smallest absolute Gasteiger partial charge is 0.123 e. The molecule has 1 heterocycles. The third-order valence-electron chi connectivity index (χ3n) is 2.39. The van der Waals surface area contributed by atoms with Crippen molar-refractivity contribution in [3.05, 3.63) is 48.0 Å². The second-order valence-electron chi connectivity index (χ2n) is 3.41. The molecule has 0 unspecified atom stereocenters. The predicted molar refractivity (Wildman–Crippen MR) is 58.8 cm³/mol. The van der Waals surface area contributed by atoms with Crippen molar-refractivity contribution in [2.24, 2.45) is 0 Å². The zero-order valence-electron chi connectivity index (χ0n) is 8.37. The molecule has 1 aromatic heterocycles. The number of aromatic nitrogens is 1. The molecule has 0 fully saturated rings. The number of nitrogens with zero attached hydrogens (tertiary/aromatic N) is 1. The van der Waals surface area contributed by atoms with Crippen LogP contribution in [0.25, 0.3) is 11.1 Å². The van der Waals surface area contributed by atoms with E-state index in [4.69, 9.17) is 5.73 Å². The highest BCUT2D eigenvalue weighted by Gasteiger charge is 2.05. The average Bonchev–Trinajstić information content (AvgIpc) is 2.22. The molecule has 2 N–H and O–H groups in total. The van der Waals surface area contributed by atoms with Crippen molar-refractivity contribution >= 4 is 5.69 Å². The number of nitrogens with two attached hydrogens (primary N) is 1. The Balaban J connectivity index is 2.59. The van der Waals surface area contributed by atoms with Gasteiger partial charge in [0, 0.05) is 11.8 Å². The van der Waals surface area contributed by atoms with Crippen LogP contribution in [0.1, 0.15) is 5.56 Å². The summed E-state index contributed by atoms with van der Waals surface area (Å²) in [6, 6.07) is 6.40. The summed E-state index contributed by atoms with van der Waals surface area (Å²) in [5.41, 5.74) is 8.96. The van der Waals surface area contributed by atoms with Crippen LogP contribution in [0.5, 0.6) is 0 Å². The molecule has 3 heteroatoms. The number of hydrogen-bond acceptors (Lipinski definition) is 2. The zero-order chi connectivity index (χ0) is 10.8. The second kappa shape index (κ2) is 3.69. The Bertz CT molecular complexity index is 495. The van der Waals surface area contributed by atoms with Crippen molar-refractivity contribution in [1.82, 2.24) is 4.98 Å². The predicted octanol–water partition coefficient (Wildman–Crippen LogP) is 2.78. The molecule has 2 rings (SSSR count). The summed E-state index contributed by atoms with van der Waals surface area (Å²) in [6.07, 6.45) is 3.29. The Labute approximate surface area is 87.6 Å². The van der Waals surface area contributed by atoms with Gasteiger partial charge in [0.15, 0.2) is 0 Å². The lowest BCUT2D eigenvalue weighted by Gasteiger charge is -2.07. The Kier molecular flexibility index (Phi) is 2.37. The van der Waals surface area contributed by atoms with Crippen molar-refractivity contribution in [2.45, 2.75) is 6.92 Å². The number of anilines is 1. The Morgan fingerprint density at radius 3 is 2.80 bits per heavy atom. The number of hydrogen-bond donors (Lipinski definition) is 1. The standard InChI is InChI=1S/C12H11FN2/c1-8-11(6-15-7-12(8)14)9-3-2-4-10(13)5-9/h2-7H,14H2,1H3. The number of pyridine rings is 1. The maximum atomic E-state index is 13.0. The first-order valence-electron chi connectivity index (χ1n) is 4.64. The van der Waals surface area contributed by atoms with Gasteiger partial charge in [0.2, 0.25) is 0 Å².